The molecule has 3 rings (SSSR count). The molecule has 1 saturated heterocycles. The number of amides is 1. The summed E-state index contributed by atoms with van der Waals surface area (Å²) in [6.45, 7) is 0.859. The summed E-state index contributed by atoms with van der Waals surface area (Å²) in [5.74, 6) is -1.25. The van der Waals surface area contributed by atoms with Gasteiger partial charge in [0.2, 0.25) is 10.0 Å². The molecule has 1 heterocycles. The Morgan fingerprint density at radius 3 is 2.33 bits per heavy atom. The summed E-state index contributed by atoms with van der Waals surface area (Å²) < 4.78 is 40.6. The van der Waals surface area contributed by atoms with E-state index in [4.69, 9.17) is 23.2 Å². The number of nitrogens with zero attached hydrogens (tertiary/aromatic N) is 1. The second kappa shape index (κ2) is 8.14. The largest absolute Gasteiger partial charge is 0.322 e. The Morgan fingerprint density at radius 2 is 1.67 bits per heavy atom. The van der Waals surface area contributed by atoms with Gasteiger partial charge in [0.1, 0.15) is 10.7 Å². The lowest BCUT2D eigenvalue weighted by atomic mass is 10.2. The van der Waals surface area contributed by atoms with E-state index in [2.05, 4.69) is 5.32 Å². The van der Waals surface area contributed by atoms with Gasteiger partial charge in [-0.25, -0.2) is 12.8 Å². The number of hydrogen-bond acceptors (Lipinski definition) is 3. The van der Waals surface area contributed by atoms with Crippen LogP contribution in [0.4, 0.5) is 10.1 Å². The lowest BCUT2D eigenvalue weighted by molar-refractivity contribution is 0.102. The highest BCUT2D eigenvalue weighted by molar-refractivity contribution is 7.89. The van der Waals surface area contributed by atoms with Crippen LogP contribution in [0.25, 0.3) is 0 Å². The van der Waals surface area contributed by atoms with Crippen LogP contribution in [-0.2, 0) is 10.0 Å². The average Bonchev–Trinajstić information content (AvgIpc) is 2.65. The number of hydrogen-bond donors (Lipinski definition) is 1. The van der Waals surface area contributed by atoms with E-state index in [0.29, 0.717) is 13.1 Å². The Balaban J connectivity index is 1.88. The van der Waals surface area contributed by atoms with Crippen molar-refractivity contribution < 1.29 is 17.6 Å². The van der Waals surface area contributed by atoms with Gasteiger partial charge < -0.3 is 5.32 Å². The molecular formula is C18H17Cl2FN2O3S. The van der Waals surface area contributed by atoms with Crippen LogP contribution in [0.1, 0.15) is 29.6 Å². The fourth-order valence-electron chi connectivity index (χ4n) is 2.86. The molecule has 144 valence electrons. The van der Waals surface area contributed by atoms with Gasteiger partial charge in [-0.3, -0.25) is 4.79 Å². The normalized spacial score (nSPS) is 15.5. The summed E-state index contributed by atoms with van der Waals surface area (Å²) in [5, 5.41) is 2.50. The number of anilines is 1. The smallest absolute Gasteiger partial charge is 0.255 e. The van der Waals surface area contributed by atoms with Crippen LogP contribution < -0.4 is 5.32 Å². The summed E-state index contributed by atoms with van der Waals surface area (Å²) in [7, 11) is -3.79. The maximum absolute atomic E-state index is 13.5. The number of halogens is 3. The minimum Gasteiger partial charge on any atom is -0.322 e. The van der Waals surface area contributed by atoms with Crippen molar-refractivity contribution in [1.29, 1.82) is 0 Å². The molecule has 0 aromatic heterocycles. The van der Waals surface area contributed by atoms with E-state index in [9.17, 15) is 17.6 Å². The van der Waals surface area contributed by atoms with E-state index in [0.717, 1.165) is 25.3 Å². The van der Waals surface area contributed by atoms with E-state index < -0.39 is 21.7 Å². The van der Waals surface area contributed by atoms with E-state index in [1.54, 1.807) is 0 Å². The Labute approximate surface area is 167 Å². The molecule has 0 spiro atoms. The maximum Gasteiger partial charge on any atom is 0.255 e. The molecule has 0 atom stereocenters. The van der Waals surface area contributed by atoms with E-state index in [1.807, 2.05) is 0 Å². The summed E-state index contributed by atoms with van der Waals surface area (Å²) in [4.78, 5) is 12.3. The number of carbonyl (C=O) groups is 1. The van der Waals surface area contributed by atoms with Crippen molar-refractivity contribution in [2.45, 2.75) is 24.2 Å². The third-order valence-corrected chi connectivity index (χ3v) is 6.99. The van der Waals surface area contributed by atoms with Gasteiger partial charge in [-0.1, -0.05) is 29.6 Å². The molecule has 0 unspecified atom stereocenters. The molecule has 2 aromatic rings. The van der Waals surface area contributed by atoms with Gasteiger partial charge in [-0.05, 0) is 49.2 Å². The zero-order chi connectivity index (χ0) is 19.6. The molecule has 0 radical (unpaired) electrons. The van der Waals surface area contributed by atoms with Crippen LogP contribution in [0, 0.1) is 5.82 Å². The van der Waals surface area contributed by atoms with Crippen LogP contribution in [0.15, 0.2) is 41.3 Å². The van der Waals surface area contributed by atoms with Crippen molar-refractivity contribution >= 4 is 44.8 Å². The summed E-state index contributed by atoms with van der Waals surface area (Å²) >= 11 is 11.7. The van der Waals surface area contributed by atoms with Gasteiger partial charge in [0.15, 0.2) is 0 Å². The summed E-state index contributed by atoms with van der Waals surface area (Å²) in [5.41, 5.74) is 0.308. The molecule has 27 heavy (non-hydrogen) atoms. The second-order valence-corrected chi connectivity index (χ2v) is 8.91. The van der Waals surface area contributed by atoms with E-state index >= 15 is 0 Å². The summed E-state index contributed by atoms with van der Waals surface area (Å²) in [6, 6.07) is 7.88. The minimum absolute atomic E-state index is 0.0506. The predicted octanol–water partition coefficient (Wildman–Crippen LogP) is 4.56. The SMILES string of the molecule is O=C(Nc1ccc(Cl)c(F)c1)c1ccc(Cl)c(S(=O)(=O)N2CCCCC2)c1. The molecule has 1 fully saturated rings. The number of nitrogens with one attached hydrogen (secondary N) is 1. The minimum atomic E-state index is -3.79. The fourth-order valence-corrected chi connectivity index (χ4v) is 5.00. The molecule has 0 saturated carbocycles. The van der Waals surface area contributed by atoms with Gasteiger partial charge in [0, 0.05) is 24.3 Å². The van der Waals surface area contributed by atoms with Crippen molar-refractivity contribution in [3.63, 3.8) is 0 Å². The van der Waals surface area contributed by atoms with Crippen molar-refractivity contribution in [3.8, 4) is 0 Å². The van der Waals surface area contributed by atoms with Gasteiger partial charge >= 0.3 is 0 Å². The number of benzene rings is 2. The zero-order valence-corrected chi connectivity index (χ0v) is 16.5. The molecule has 1 aliphatic rings. The third kappa shape index (κ3) is 4.43. The maximum atomic E-state index is 13.5. The first-order valence-corrected chi connectivity index (χ1v) is 10.5. The Hall–Kier alpha value is -1.67. The molecule has 1 aliphatic heterocycles. The predicted molar refractivity (Wildman–Crippen MR) is 103 cm³/mol. The van der Waals surface area contributed by atoms with Crippen molar-refractivity contribution in [2.75, 3.05) is 18.4 Å². The lowest BCUT2D eigenvalue weighted by Crippen LogP contribution is -2.35. The lowest BCUT2D eigenvalue weighted by Gasteiger charge is -2.26. The number of rotatable bonds is 4. The van der Waals surface area contributed by atoms with Crippen LogP contribution in [0.5, 0.6) is 0 Å². The third-order valence-electron chi connectivity index (χ3n) is 4.30. The average molecular weight is 431 g/mol. The first kappa shape index (κ1) is 20.1. The van der Waals surface area contributed by atoms with Gasteiger partial charge in [-0.15, -0.1) is 0 Å². The number of sulfonamides is 1. The molecule has 5 nitrogen and oxygen atoms in total. The first-order valence-electron chi connectivity index (χ1n) is 8.35. The van der Waals surface area contributed by atoms with Crippen LogP contribution in [0.2, 0.25) is 10.0 Å². The molecule has 1 amide bonds. The highest BCUT2D eigenvalue weighted by Crippen LogP contribution is 2.28. The highest BCUT2D eigenvalue weighted by Gasteiger charge is 2.28. The molecule has 1 N–H and O–H groups in total. The Kier molecular flexibility index (Phi) is 6.05. The van der Waals surface area contributed by atoms with E-state index in [1.165, 1.54) is 34.6 Å². The van der Waals surface area contributed by atoms with Crippen molar-refractivity contribution in [3.05, 3.63) is 57.8 Å². The van der Waals surface area contributed by atoms with Gasteiger partial charge in [-0.2, -0.15) is 4.31 Å². The van der Waals surface area contributed by atoms with Crippen LogP contribution in [-0.4, -0.2) is 31.7 Å². The van der Waals surface area contributed by atoms with Crippen molar-refractivity contribution in [1.82, 2.24) is 4.31 Å². The molecular weight excluding hydrogens is 414 g/mol. The first-order chi connectivity index (χ1) is 12.8. The molecule has 9 heteroatoms. The molecule has 2 aromatic carbocycles. The highest BCUT2D eigenvalue weighted by atomic mass is 35.5. The van der Waals surface area contributed by atoms with E-state index in [-0.39, 0.29) is 26.2 Å². The number of piperidine rings is 1. The Morgan fingerprint density at radius 1 is 1.00 bits per heavy atom. The van der Waals surface area contributed by atoms with Crippen LogP contribution in [0.3, 0.4) is 0 Å². The monoisotopic (exact) mass is 430 g/mol. The van der Waals surface area contributed by atoms with Crippen LogP contribution >= 0.6 is 23.2 Å². The zero-order valence-electron chi connectivity index (χ0n) is 14.2. The van der Waals surface area contributed by atoms with Crippen molar-refractivity contribution in [2.24, 2.45) is 0 Å². The van der Waals surface area contributed by atoms with Gasteiger partial charge in [0.25, 0.3) is 5.91 Å². The fraction of sp³-hybridized carbons (Fsp3) is 0.278. The summed E-state index contributed by atoms with van der Waals surface area (Å²) in [6.07, 6.45) is 2.57. The number of carbonyl (C=O) groups excluding carboxylic acids is 1. The topological polar surface area (TPSA) is 66.5 Å². The second-order valence-electron chi connectivity index (χ2n) is 6.19. The molecule has 0 bridgehead atoms. The standard InChI is InChI=1S/C18H17Cl2FN2O3S/c19-14-7-5-13(11-16(14)21)22-18(24)12-4-6-15(20)17(10-12)27(25,26)23-8-2-1-3-9-23/h4-7,10-11H,1-3,8-9H2,(H,22,24). The molecule has 0 aliphatic carbocycles. The quantitative estimate of drug-likeness (QED) is 0.772. The Bertz CT molecular complexity index is 977. The van der Waals surface area contributed by atoms with Gasteiger partial charge in [0.05, 0.1) is 10.0 Å².